The molecule has 0 atom stereocenters. The Labute approximate surface area is 94.4 Å². The number of rotatable bonds is 1. The number of benzene rings is 1. The van der Waals surface area contributed by atoms with Gasteiger partial charge < -0.3 is 0 Å². The van der Waals surface area contributed by atoms with Gasteiger partial charge in [-0.1, -0.05) is 17.7 Å². The highest BCUT2D eigenvalue weighted by atomic mass is 79.9. The van der Waals surface area contributed by atoms with Crippen LogP contribution in [-0.2, 0) is 9.05 Å². The molecular formula is C7H5BrCl2O2S. The van der Waals surface area contributed by atoms with Crippen LogP contribution in [0.1, 0.15) is 5.56 Å². The Bertz CT molecular complexity index is 442. The summed E-state index contributed by atoms with van der Waals surface area (Å²) in [6.07, 6.45) is 0. The molecule has 72 valence electrons. The first-order valence-corrected chi connectivity index (χ1v) is 6.71. The van der Waals surface area contributed by atoms with E-state index in [4.69, 9.17) is 22.3 Å². The zero-order valence-electron chi connectivity index (χ0n) is 6.51. The van der Waals surface area contributed by atoms with Crippen LogP contribution in [0.15, 0.2) is 21.5 Å². The Morgan fingerprint density at radius 2 is 1.92 bits per heavy atom. The molecule has 6 heteroatoms. The van der Waals surface area contributed by atoms with E-state index in [-0.39, 0.29) is 9.92 Å². The van der Waals surface area contributed by atoms with Crippen LogP contribution in [0.25, 0.3) is 0 Å². The van der Waals surface area contributed by atoms with Gasteiger partial charge in [0.25, 0.3) is 9.05 Å². The fourth-order valence-electron chi connectivity index (χ4n) is 0.854. The van der Waals surface area contributed by atoms with Crippen molar-refractivity contribution in [2.75, 3.05) is 0 Å². The Kier molecular flexibility index (Phi) is 3.28. The minimum Gasteiger partial charge on any atom is -0.207 e. The van der Waals surface area contributed by atoms with Crippen molar-refractivity contribution in [3.63, 3.8) is 0 Å². The maximum atomic E-state index is 11.1. The Morgan fingerprint density at radius 1 is 1.38 bits per heavy atom. The first-order valence-electron chi connectivity index (χ1n) is 3.23. The van der Waals surface area contributed by atoms with Gasteiger partial charge in [0.2, 0.25) is 0 Å². The SMILES string of the molecule is Cc1ccc(Cl)c(S(=O)(=O)Cl)c1Br. The lowest BCUT2D eigenvalue weighted by Gasteiger charge is -2.05. The molecule has 13 heavy (non-hydrogen) atoms. The number of hydrogen-bond acceptors (Lipinski definition) is 2. The van der Waals surface area contributed by atoms with Gasteiger partial charge in [0.1, 0.15) is 4.90 Å². The molecule has 1 aromatic carbocycles. The third-order valence-electron chi connectivity index (χ3n) is 1.49. The Balaban J connectivity index is 3.62. The second kappa shape index (κ2) is 3.77. The summed E-state index contributed by atoms with van der Waals surface area (Å²) in [6, 6.07) is 3.20. The van der Waals surface area contributed by atoms with E-state index in [9.17, 15) is 8.42 Å². The average Bonchev–Trinajstić information content (AvgIpc) is 1.95. The molecular weight excluding hydrogens is 299 g/mol. The molecule has 0 heterocycles. The quantitative estimate of drug-likeness (QED) is 0.746. The van der Waals surface area contributed by atoms with Gasteiger partial charge in [0.05, 0.1) is 5.02 Å². The van der Waals surface area contributed by atoms with Crippen molar-refractivity contribution in [1.29, 1.82) is 0 Å². The van der Waals surface area contributed by atoms with Crippen LogP contribution in [0, 0.1) is 6.92 Å². The fraction of sp³-hybridized carbons (Fsp3) is 0.143. The topological polar surface area (TPSA) is 34.1 Å². The standard InChI is InChI=1S/C7H5BrCl2O2S/c1-4-2-3-5(9)7(6(4)8)13(10,11)12/h2-3H,1H3. The van der Waals surface area contributed by atoms with E-state index in [0.29, 0.717) is 4.47 Å². The lowest BCUT2D eigenvalue weighted by Crippen LogP contribution is -1.95. The van der Waals surface area contributed by atoms with E-state index in [1.54, 1.807) is 13.0 Å². The lowest BCUT2D eigenvalue weighted by atomic mass is 10.2. The van der Waals surface area contributed by atoms with Gasteiger partial charge in [-0.3, -0.25) is 0 Å². The van der Waals surface area contributed by atoms with E-state index in [1.165, 1.54) is 6.07 Å². The fourth-order valence-corrected chi connectivity index (χ4v) is 3.97. The first kappa shape index (κ1) is 11.3. The van der Waals surface area contributed by atoms with E-state index in [0.717, 1.165) is 5.56 Å². The summed E-state index contributed by atoms with van der Waals surface area (Å²) >= 11 is 8.81. The highest BCUT2D eigenvalue weighted by Gasteiger charge is 2.19. The van der Waals surface area contributed by atoms with Crippen LogP contribution in [0.3, 0.4) is 0 Å². The second-order valence-corrected chi connectivity index (χ2v) is 6.15. The van der Waals surface area contributed by atoms with Crippen molar-refractivity contribution in [2.24, 2.45) is 0 Å². The zero-order chi connectivity index (χ0) is 10.2. The molecule has 0 saturated heterocycles. The molecule has 0 fully saturated rings. The molecule has 0 amide bonds. The highest BCUT2D eigenvalue weighted by Crippen LogP contribution is 2.34. The van der Waals surface area contributed by atoms with Gasteiger partial charge in [0, 0.05) is 15.2 Å². The summed E-state index contributed by atoms with van der Waals surface area (Å²) in [7, 11) is 1.41. The van der Waals surface area contributed by atoms with Crippen molar-refractivity contribution in [3.8, 4) is 0 Å². The summed E-state index contributed by atoms with van der Waals surface area (Å²) in [6.45, 7) is 1.76. The largest absolute Gasteiger partial charge is 0.263 e. The maximum absolute atomic E-state index is 11.1. The summed E-state index contributed by atoms with van der Waals surface area (Å²) < 4.78 is 22.6. The van der Waals surface area contributed by atoms with Gasteiger partial charge in [-0.25, -0.2) is 8.42 Å². The molecule has 2 nitrogen and oxygen atoms in total. The summed E-state index contributed by atoms with van der Waals surface area (Å²) in [4.78, 5) is -0.0733. The van der Waals surface area contributed by atoms with E-state index in [2.05, 4.69) is 15.9 Å². The normalized spacial score (nSPS) is 11.7. The van der Waals surface area contributed by atoms with E-state index in [1.807, 2.05) is 0 Å². The smallest absolute Gasteiger partial charge is 0.207 e. The molecule has 1 aromatic rings. The molecule has 0 aliphatic carbocycles. The number of aryl methyl sites for hydroxylation is 1. The van der Waals surface area contributed by atoms with Gasteiger partial charge in [-0.15, -0.1) is 0 Å². The molecule has 0 spiro atoms. The summed E-state index contributed by atoms with van der Waals surface area (Å²) in [5.41, 5.74) is 0.767. The summed E-state index contributed by atoms with van der Waals surface area (Å²) in [5, 5.41) is 0.118. The lowest BCUT2D eigenvalue weighted by molar-refractivity contribution is 0.609. The third kappa shape index (κ3) is 2.37. The molecule has 0 aliphatic heterocycles. The predicted molar refractivity (Wildman–Crippen MR) is 56.9 cm³/mol. The van der Waals surface area contributed by atoms with Gasteiger partial charge in [-0.05, 0) is 34.5 Å². The minimum absolute atomic E-state index is 0.0733. The molecule has 1 rings (SSSR count). The van der Waals surface area contributed by atoms with Crippen LogP contribution in [0.4, 0.5) is 0 Å². The van der Waals surface area contributed by atoms with E-state index >= 15 is 0 Å². The highest BCUT2D eigenvalue weighted by molar-refractivity contribution is 9.10. The monoisotopic (exact) mass is 302 g/mol. The third-order valence-corrected chi connectivity index (χ3v) is 4.57. The van der Waals surface area contributed by atoms with Crippen LogP contribution in [0.5, 0.6) is 0 Å². The molecule has 0 bridgehead atoms. The molecule has 0 unspecified atom stereocenters. The zero-order valence-corrected chi connectivity index (χ0v) is 10.4. The van der Waals surface area contributed by atoms with Crippen molar-refractivity contribution < 1.29 is 8.42 Å². The minimum atomic E-state index is -3.79. The van der Waals surface area contributed by atoms with Gasteiger partial charge >= 0.3 is 0 Å². The van der Waals surface area contributed by atoms with Crippen molar-refractivity contribution in [3.05, 3.63) is 27.2 Å². The first-order chi connectivity index (χ1) is 5.84. The molecule has 0 radical (unpaired) electrons. The average molecular weight is 304 g/mol. The Morgan fingerprint density at radius 3 is 2.31 bits per heavy atom. The maximum Gasteiger partial charge on any atom is 0.263 e. The Hall–Kier alpha value is 0.230. The van der Waals surface area contributed by atoms with Crippen LogP contribution >= 0.6 is 38.2 Å². The van der Waals surface area contributed by atoms with Gasteiger partial charge in [-0.2, -0.15) is 0 Å². The van der Waals surface area contributed by atoms with Crippen molar-refractivity contribution in [1.82, 2.24) is 0 Å². The second-order valence-electron chi connectivity index (χ2n) is 2.45. The van der Waals surface area contributed by atoms with Gasteiger partial charge in [0.15, 0.2) is 0 Å². The van der Waals surface area contributed by atoms with Crippen molar-refractivity contribution >= 4 is 47.3 Å². The molecule has 0 aromatic heterocycles. The predicted octanol–water partition coefficient (Wildman–Crippen LogP) is 3.34. The molecule has 0 aliphatic rings. The summed E-state index contributed by atoms with van der Waals surface area (Å²) in [5.74, 6) is 0. The number of halogens is 3. The molecule has 0 N–H and O–H groups in total. The van der Waals surface area contributed by atoms with Crippen molar-refractivity contribution in [2.45, 2.75) is 11.8 Å². The molecule has 0 saturated carbocycles. The van der Waals surface area contributed by atoms with Crippen LogP contribution in [0.2, 0.25) is 5.02 Å². The van der Waals surface area contributed by atoms with Crippen LogP contribution < -0.4 is 0 Å². The van der Waals surface area contributed by atoms with Crippen LogP contribution in [-0.4, -0.2) is 8.42 Å². The number of hydrogen-bond donors (Lipinski definition) is 0. The van der Waals surface area contributed by atoms with E-state index < -0.39 is 9.05 Å².